The van der Waals surface area contributed by atoms with Crippen LogP contribution in [-0.2, 0) is 7.05 Å². The van der Waals surface area contributed by atoms with Gasteiger partial charge in [-0.1, -0.05) is 12.1 Å². The third-order valence-electron chi connectivity index (χ3n) is 2.91. The lowest BCUT2D eigenvalue weighted by Crippen LogP contribution is -2.37. The molecule has 0 aliphatic carbocycles. The normalized spacial score (nSPS) is 12.0. The van der Waals surface area contributed by atoms with Gasteiger partial charge in [0.25, 0.3) is 0 Å². The number of rotatable bonds is 3. The van der Waals surface area contributed by atoms with Gasteiger partial charge in [0.1, 0.15) is 11.9 Å². The van der Waals surface area contributed by atoms with E-state index in [2.05, 4.69) is 10.4 Å². The SMILES string of the molecule is CN(C)C(=O)NC(c1ccc(F)cc1)c1ccn(C)n1. The average molecular weight is 276 g/mol. The molecule has 0 aliphatic rings. The van der Waals surface area contributed by atoms with E-state index in [1.165, 1.54) is 17.0 Å². The highest BCUT2D eigenvalue weighted by Crippen LogP contribution is 2.21. The van der Waals surface area contributed by atoms with Crippen molar-refractivity contribution in [2.24, 2.45) is 7.05 Å². The minimum absolute atomic E-state index is 0.232. The van der Waals surface area contributed by atoms with Crippen LogP contribution in [0.4, 0.5) is 9.18 Å². The molecule has 0 saturated carbocycles. The molecule has 1 unspecified atom stereocenters. The van der Waals surface area contributed by atoms with Crippen LogP contribution in [0.5, 0.6) is 0 Å². The molecule has 5 nitrogen and oxygen atoms in total. The number of aryl methyl sites for hydroxylation is 1. The number of benzene rings is 1. The maximum absolute atomic E-state index is 13.0. The molecule has 0 radical (unpaired) electrons. The van der Waals surface area contributed by atoms with Crippen LogP contribution in [0.25, 0.3) is 0 Å². The van der Waals surface area contributed by atoms with Crippen molar-refractivity contribution < 1.29 is 9.18 Å². The van der Waals surface area contributed by atoms with Gasteiger partial charge in [0.05, 0.1) is 5.69 Å². The maximum atomic E-state index is 13.0. The number of carbonyl (C=O) groups excluding carboxylic acids is 1. The number of nitrogens with one attached hydrogen (secondary N) is 1. The van der Waals surface area contributed by atoms with Crippen molar-refractivity contribution in [1.82, 2.24) is 20.0 Å². The van der Waals surface area contributed by atoms with Gasteiger partial charge in [-0.3, -0.25) is 4.68 Å². The number of aromatic nitrogens is 2. The van der Waals surface area contributed by atoms with Crippen LogP contribution in [0.2, 0.25) is 0 Å². The Kier molecular flexibility index (Phi) is 4.02. The van der Waals surface area contributed by atoms with Gasteiger partial charge in [-0.25, -0.2) is 9.18 Å². The van der Waals surface area contributed by atoms with E-state index < -0.39 is 6.04 Å². The molecule has 1 heterocycles. The summed E-state index contributed by atoms with van der Waals surface area (Å²) in [4.78, 5) is 13.3. The molecule has 6 heteroatoms. The highest BCUT2D eigenvalue weighted by molar-refractivity contribution is 5.74. The first-order valence-electron chi connectivity index (χ1n) is 6.20. The van der Waals surface area contributed by atoms with E-state index >= 15 is 0 Å². The summed E-state index contributed by atoms with van der Waals surface area (Å²) in [5, 5.41) is 7.18. The molecule has 0 aliphatic heterocycles. The molecule has 1 aromatic carbocycles. The molecule has 0 spiro atoms. The molecule has 2 rings (SSSR count). The summed E-state index contributed by atoms with van der Waals surface area (Å²) in [6, 6.07) is 7.20. The Bertz CT molecular complexity index is 591. The minimum Gasteiger partial charge on any atom is -0.331 e. The van der Waals surface area contributed by atoms with Crippen LogP contribution in [0.15, 0.2) is 36.5 Å². The largest absolute Gasteiger partial charge is 0.331 e. The summed E-state index contributed by atoms with van der Waals surface area (Å²) >= 11 is 0. The predicted molar refractivity (Wildman–Crippen MR) is 73.7 cm³/mol. The minimum atomic E-state index is -0.410. The molecule has 106 valence electrons. The standard InChI is InChI=1S/C14H17FN4O/c1-18(2)14(20)16-13(12-8-9-19(3)17-12)10-4-6-11(15)7-5-10/h4-9,13H,1-3H3,(H,16,20). The van der Waals surface area contributed by atoms with Gasteiger partial charge >= 0.3 is 6.03 Å². The molecule has 20 heavy (non-hydrogen) atoms. The number of hydrogen-bond donors (Lipinski definition) is 1. The molecule has 0 bridgehead atoms. The molecule has 1 atom stereocenters. The molecule has 0 fully saturated rings. The van der Waals surface area contributed by atoms with Crippen molar-refractivity contribution in [3.63, 3.8) is 0 Å². The molecule has 2 aromatic rings. The molecule has 1 N–H and O–H groups in total. The van der Waals surface area contributed by atoms with E-state index in [0.717, 1.165) is 5.56 Å². The van der Waals surface area contributed by atoms with Gasteiger partial charge in [0, 0.05) is 27.3 Å². The lowest BCUT2D eigenvalue weighted by atomic mass is 10.0. The highest BCUT2D eigenvalue weighted by atomic mass is 19.1. The second-order valence-electron chi connectivity index (χ2n) is 4.74. The van der Waals surface area contributed by atoms with Crippen LogP contribution in [-0.4, -0.2) is 34.8 Å². The first kappa shape index (κ1) is 14.0. The number of amides is 2. The number of urea groups is 1. The highest BCUT2D eigenvalue weighted by Gasteiger charge is 2.20. The van der Waals surface area contributed by atoms with Crippen LogP contribution in [0.3, 0.4) is 0 Å². The average Bonchev–Trinajstić information content (AvgIpc) is 2.83. The number of nitrogens with zero attached hydrogens (tertiary/aromatic N) is 3. The summed E-state index contributed by atoms with van der Waals surface area (Å²) in [6.45, 7) is 0. The zero-order chi connectivity index (χ0) is 14.7. The van der Waals surface area contributed by atoms with Gasteiger partial charge < -0.3 is 10.2 Å². The van der Waals surface area contributed by atoms with Gasteiger partial charge in [-0.05, 0) is 23.8 Å². The van der Waals surface area contributed by atoms with E-state index in [1.807, 2.05) is 6.07 Å². The van der Waals surface area contributed by atoms with Crippen LogP contribution in [0.1, 0.15) is 17.3 Å². The summed E-state index contributed by atoms with van der Waals surface area (Å²) in [6.07, 6.45) is 1.80. The van der Waals surface area contributed by atoms with E-state index in [4.69, 9.17) is 0 Å². The van der Waals surface area contributed by atoms with Crippen molar-refractivity contribution >= 4 is 6.03 Å². The third kappa shape index (κ3) is 3.14. The predicted octanol–water partition coefficient (Wildman–Crippen LogP) is 1.92. The van der Waals surface area contributed by atoms with E-state index in [9.17, 15) is 9.18 Å². The van der Waals surface area contributed by atoms with Gasteiger partial charge in [0.15, 0.2) is 0 Å². The Hall–Kier alpha value is -2.37. The van der Waals surface area contributed by atoms with Gasteiger partial charge in [-0.2, -0.15) is 5.10 Å². The Morgan fingerprint density at radius 2 is 1.95 bits per heavy atom. The summed E-state index contributed by atoms with van der Waals surface area (Å²) < 4.78 is 14.7. The zero-order valence-electron chi connectivity index (χ0n) is 11.7. The van der Waals surface area contributed by atoms with Gasteiger partial charge in [0.2, 0.25) is 0 Å². The number of halogens is 1. The van der Waals surface area contributed by atoms with Crippen molar-refractivity contribution in [3.05, 3.63) is 53.6 Å². The van der Waals surface area contributed by atoms with Crippen molar-refractivity contribution in [3.8, 4) is 0 Å². The Morgan fingerprint density at radius 1 is 1.30 bits per heavy atom. The first-order chi connectivity index (χ1) is 9.47. The van der Waals surface area contributed by atoms with Gasteiger partial charge in [-0.15, -0.1) is 0 Å². The number of carbonyl (C=O) groups is 1. The summed E-state index contributed by atoms with van der Waals surface area (Å²) in [5.74, 6) is -0.313. The first-order valence-corrected chi connectivity index (χ1v) is 6.20. The summed E-state index contributed by atoms with van der Waals surface area (Å²) in [7, 11) is 5.13. The quantitative estimate of drug-likeness (QED) is 0.931. The lowest BCUT2D eigenvalue weighted by molar-refractivity contribution is 0.214. The number of hydrogen-bond acceptors (Lipinski definition) is 2. The molecule has 2 amide bonds. The lowest BCUT2D eigenvalue weighted by Gasteiger charge is -2.20. The van der Waals surface area contributed by atoms with Crippen LogP contribution in [0, 0.1) is 5.82 Å². The molecular formula is C14H17FN4O. The summed E-state index contributed by atoms with van der Waals surface area (Å²) in [5.41, 5.74) is 1.48. The van der Waals surface area contributed by atoms with Crippen LogP contribution >= 0.6 is 0 Å². The van der Waals surface area contributed by atoms with Crippen molar-refractivity contribution in [1.29, 1.82) is 0 Å². The van der Waals surface area contributed by atoms with Crippen molar-refractivity contribution in [2.45, 2.75) is 6.04 Å². The van der Waals surface area contributed by atoms with E-state index in [1.54, 1.807) is 44.2 Å². The van der Waals surface area contributed by atoms with Crippen molar-refractivity contribution in [2.75, 3.05) is 14.1 Å². The smallest absolute Gasteiger partial charge is 0.317 e. The molecule has 0 saturated heterocycles. The third-order valence-corrected chi connectivity index (χ3v) is 2.91. The van der Waals surface area contributed by atoms with E-state index in [0.29, 0.717) is 5.69 Å². The maximum Gasteiger partial charge on any atom is 0.317 e. The van der Waals surface area contributed by atoms with E-state index in [-0.39, 0.29) is 11.8 Å². The molecular weight excluding hydrogens is 259 g/mol. The fourth-order valence-electron chi connectivity index (χ4n) is 1.82. The molecule has 1 aromatic heterocycles. The second kappa shape index (κ2) is 5.73. The topological polar surface area (TPSA) is 50.2 Å². The fourth-order valence-corrected chi connectivity index (χ4v) is 1.82. The Morgan fingerprint density at radius 3 is 2.45 bits per heavy atom. The monoisotopic (exact) mass is 276 g/mol. The Labute approximate surface area is 117 Å². The second-order valence-corrected chi connectivity index (χ2v) is 4.74. The Balaban J connectivity index is 2.33. The zero-order valence-corrected chi connectivity index (χ0v) is 11.7. The van der Waals surface area contributed by atoms with Crippen LogP contribution < -0.4 is 5.32 Å². The fraction of sp³-hybridized carbons (Fsp3) is 0.286.